The van der Waals surface area contributed by atoms with Gasteiger partial charge in [0.2, 0.25) is 0 Å². The van der Waals surface area contributed by atoms with Crippen molar-refractivity contribution in [1.82, 2.24) is 0 Å². The highest BCUT2D eigenvalue weighted by molar-refractivity contribution is 9.10. The first-order valence-electron chi connectivity index (χ1n) is 5.14. The van der Waals surface area contributed by atoms with E-state index in [2.05, 4.69) is 15.9 Å². The number of rotatable bonds is 2. The molecule has 1 aliphatic heterocycles. The summed E-state index contributed by atoms with van der Waals surface area (Å²) >= 11 is 3.38. The van der Waals surface area contributed by atoms with Gasteiger partial charge < -0.3 is 10.5 Å². The standard InChI is InChI=1S/C11H13BrN2O2/c12-8-2-1-3-9(6-8)14-10(7-13)4-5-16-11(14)15/h1-3,6,10H,4-5,7,13H2. The molecule has 1 unspecified atom stereocenters. The Morgan fingerprint density at radius 2 is 2.38 bits per heavy atom. The lowest BCUT2D eigenvalue weighted by molar-refractivity contribution is 0.130. The van der Waals surface area contributed by atoms with Gasteiger partial charge in [0, 0.05) is 23.1 Å². The second-order valence-electron chi connectivity index (χ2n) is 3.64. The minimum absolute atomic E-state index is 0.0237. The van der Waals surface area contributed by atoms with E-state index in [9.17, 15) is 4.79 Å². The summed E-state index contributed by atoms with van der Waals surface area (Å²) in [6, 6.07) is 7.58. The molecule has 1 heterocycles. The van der Waals surface area contributed by atoms with Gasteiger partial charge in [0.25, 0.3) is 0 Å². The number of anilines is 1. The summed E-state index contributed by atoms with van der Waals surface area (Å²) in [7, 11) is 0. The van der Waals surface area contributed by atoms with E-state index in [0.717, 1.165) is 16.6 Å². The van der Waals surface area contributed by atoms with Gasteiger partial charge in [-0.3, -0.25) is 4.90 Å². The van der Waals surface area contributed by atoms with Crippen molar-refractivity contribution in [3.8, 4) is 0 Å². The first kappa shape index (κ1) is 11.4. The minimum atomic E-state index is -0.320. The number of amides is 1. The van der Waals surface area contributed by atoms with Gasteiger partial charge in [-0.1, -0.05) is 22.0 Å². The van der Waals surface area contributed by atoms with E-state index >= 15 is 0 Å². The summed E-state index contributed by atoms with van der Waals surface area (Å²) in [4.78, 5) is 13.3. The second-order valence-corrected chi connectivity index (χ2v) is 4.56. The van der Waals surface area contributed by atoms with E-state index in [1.165, 1.54) is 0 Å². The Hall–Kier alpha value is -1.07. The van der Waals surface area contributed by atoms with Crippen LogP contribution >= 0.6 is 15.9 Å². The van der Waals surface area contributed by atoms with Crippen LogP contribution in [0.3, 0.4) is 0 Å². The van der Waals surface area contributed by atoms with E-state index in [1.54, 1.807) is 4.90 Å². The summed E-state index contributed by atoms with van der Waals surface area (Å²) in [6.07, 6.45) is 0.453. The van der Waals surface area contributed by atoms with Crippen LogP contribution in [0.4, 0.5) is 10.5 Å². The topological polar surface area (TPSA) is 55.6 Å². The Morgan fingerprint density at radius 3 is 3.06 bits per heavy atom. The fourth-order valence-corrected chi connectivity index (χ4v) is 2.18. The predicted molar refractivity (Wildman–Crippen MR) is 65.4 cm³/mol. The lowest BCUT2D eigenvalue weighted by atomic mass is 10.1. The lowest BCUT2D eigenvalue weighted by Crippen LogP contribution is -2.49. The van der Waals surface area contributed by atoms with Crippen molar-refractivity contribution in [2.75, 3.05) is 18.1 Å². The Kier molecular flexibility index (Phi) is 3.46. The first-order chi connectivity index (χ1) is 7.72. The van der Waals surface area contributed by atoms with E-state index in [-0.39, 0.29) is 12.1 Å². The van der Waals surface area contributed by atoms with Gasteiger partial charge in [0.15, 0.2) is 0 Å². The third kappa shape index (κ3) is 2.20. The predicted octanol–water partition coefficient (Wildman–Crippen LogP) is 2.12. The van der Waals surface area contributed by atoms with Crippen LogP contribution in [0.5, 0.6) is 0 Å². The molecular weight excluding hydrogens is 272 g/mol. The van der Waals surface area contributed by atoms with Crippen molar-refractivity contribution < 1.29 is 9.53 Å². The van der Waals surface area contributed by atoms with E-state index < -0.39 is 0 Å². The molecule has 5 heteroatoms. The van der Waals surface area contributed by atoms with Crippen molar-refractivity contribution in [2.45, 2.75) is 12.5 Å². The van der Waals surface area contributed by atoms with Crippen LogP contribution in [-0.2, 0) is 4.74 Å². The number of nitrogens with two attached hydrogens (primary N) is 1. The van der Waals surface area contributed by atoms with Crippen LogP contribution in [0.2, 0.25) is 0 Å². The molecule has 1 fully saturated rings. The molecule has 0 spiro atoms. The molecule has 86 valence electrons. The quantitative estimate of drug-likeness (QED) is 0.905. The third-order valence-electron chi connectivity index (χ3n) is 2.60. The molecule has 2 rings (SSSR count). The molecule has 0 radical (unpaired) electrons. The molecule has 0 bridgehead atoms. The summed E-state index contributed by atoms with van der Waals surface area (Å²) in [5, 5.41) is 0. The van der Waals surface area contributed by atoms with Crippen LogP contribution in [-0.4, -0.2) is 25.3 Å². The van der Waals surface area contributed by atoms with Crippen LogP contribution < -0.4 is 10.6 Å². The number of carbonyl (C=O) groups excluding carboxylic acids is 1. The highest BCUT2D eigenvalue weighted by Crippen LogP contribution is 2.25. The molecule has 2 N–H and O–H groups in total. The Balaban J connectivity index is 2.31. The smallest absolute Gasteiger partial charge is 0.414 e. The molecule has 1 atom stereocenters. The molecule has 0 aromatic heterocycles. The average Bonchev–Trinajstić information content (AvgIpc) is 2.28. The lowest BCUT2D eigenvalue weighted by Gasteiger charge is -2.34. The maximum atomic E-state index is 11.7. The highest BCUT2D eigenvalue weighted by atomic mass is 79.9. The van der Waals surface area contributed by atoms with Crippen molar-refractivity contribution in [1.29, 1.82) is 0 Å². The maximum absolute atomic E-state index is 11.7. The highest BCUT2D eigenvalue weighted by Gasteiger charge is 2.29. The summed E-state index contributed by atoms with van der Waals surface area (Å²) in [6.45, 7) is 0.896. The zero-order valence-corrected chi connectivity index (χ0v) is 10.3. The molecule has 1 saturated heterocycles. The Labute approximate surface area is 102 Å². The molecule has 4 nitrogen and oxygen atoms in total. The Bertz CT molecular complexity index is 397. The fourth-order valence-electron chi connectivity index (χ4n) is 1.80. The van der Waals surface area contributed by atoms with Crippen molar-refractivity contribution in [2.24, 2.45) is 5.73 Å². The van der Waals surface area contributed by atoms with E-state index in [4.69, 9.17) is 10.5 Å². The van der Waals surface area contributed by atoms with Gasteiger partial charge in [0.05, 0.1) is 12.6 Å². The summed E-state index contributed by atoms with van der Waals surface area (Å²) in [5.41, 5.74) is 6.48. The second kappa shape index (κ2) is 4.84. The number of halogens is 1. The SMILES string of the molecule is NCC1CCOC(=O)N1c1cccc(Br)c1. The van der Waals surface area contributed by atoms with Crippen LogP contribution in [0.15, 0.2) is 28.7 Å². The van der Waals surface area contributed by atoms with Crippen molar-refractivity contribution in [3.63, 3.8) is 0 Å². The van der Waals surface area contributed by atoms with Crippen LogP contribution in [0, 0.1) is 0 Å². The van der Waals surface area contributed by atoms with E-state index in [1.807, 2.05) is 24.3 Å². The zero-order chi connectivity index (χ0) is 11.5. The van der Waals surface area contributed by atoms with Gasteiger partial charge >= 0.3 is 6.09 Å². The molecule has 1 aromatic carbocycles. The van der Waals surface area contributed by atoms with E-state index in [0.29, 0.717) is 13.2 Å². The largest absolute Gasteiger partial charge is 0.449 e. The normalized spacial score (nSPS) is 20.8. The molecule has 1 aliphatic rings. The van der Waals surface area contributed by atoms with Gasteiger partial charge in [-0.05, 0) is 18.2 Å². The van der Waals surface area contributed by atoms with Gasteiger partial charge in [-0.25, -0.2) is 4.79 Å². The molecule has 0 aliphatic carbocycles. The molecular formula is C11H13BrN2O2. The molecule has 0 saturated carbocycles. The minimum Gasteiger partial charge on any atom is -0.449 e. The van der Waals surface area contributed by atoms with Gasteiger partial charge in [-0.15, -0.1) is 0 Å². The summed E-state index contributed by atoms with van der Waals surface area (Å²) < 4.78 is 5.96. The van der Waals surface area contributed by atoms with Crippen molar-refractivity contribution in [3.05, 3.63) is 28.7 Å². The third-order valence-corrected chi connectivity index (χ3v) is 3.09. The average molecular weight is 285 g/mol. The first-order valence-corrected chi connectivity index (χ1v) is 5.93. The zero-order valence-electron chi connectivity index (χ0n) is 8.73. The van der Waals surface area contributed by atoms with Gasteiger partial charge in [-0.2, -0.15) is 0 Å². The number of hydrogen-bond acceptors (Lipinski definition) is 3. The van der Waals surface area contributed by atoms with Gasteiger partial charge in [0.1, 0.15) is 0 Å². The van der Waals surface area contributed by atoms with Crippen LogP contribution in [0.1, 0.15) is 6.42 Å². The van der Waals surface area contributed by atoms with Crippen LogP contribution in [0.25, 0.3) is 0 Å². The number of nitrogens with zero attached hydrogens (tertiary/aromatic N) is 1. The number of benzene rings is 1. The number of hydrogen-bond donors (Lipinski definition) is 1. The number of ether oxygens (including phenoxy) is 1. The molecule has 16 heavy (non-hydrogen) atoms. The number of carbonyl (C=O) groups is 1. The maximum Gasteiger partial charge on any atom is 0.414 e. The molecule has 1 amide bonds. The number of cyclic esters (lactones) is 1. The molecule has 1 aromatic rings. The van der Waals surface area contributed by atoms with Crippen molar-refractivity contribution >= 4 is 27.7 Å². The fraction of sp³-hybridized carbons (Fsp3) is 0.364. The summed E-state index contributed by atoms with van der Waals surface area (Å²) in [5.74, 6) is 0. The monoisotopic (exact) mass is 284 g/mol. The Morgan fingerprint density at radius 1 is 1.56 bits per heavy atom.